The topological polar surface area (TPSA) is 83.0 Å². The summed E-state index contributed by atoms with van der Waals surface area (Å²) in [6.07, 6.45) is 3.47. The summed E-state index contributed by atoms with van der Waals surface area (Å²) >= 11 is 6.28. The van der Waals surface area contributed by atoms with Crippen LogP contribution in [-0.4, -0.2) is 32.7 Å². The van der Waals surface area contributed by atoms with Crippen molar-refractivity contribution in [3.63, 3.8) is 0 Å². The van der Waals surface area contributed by atoms with Crippen LogP contribution in [0.25, 0.3) is 11.3 Å². The lowest BCUT2D eigenvalue weighted by molar-refractivity contribution is 0.281. The Hall–Kier alpha value is -2.70. The molecule has 3 aromatic rings. The molecule has 0 spiro atoms. The molecular weight excluding hydrogens is 362 g/mol. The van der Waals surface area contributed by atoms with Crippen molar-refractivity contribution in [3.05, 3.63) is 58.9 Å². The molecule has 0 unspecified atom stereocenters. The Bertz CT molecular complexity index is 933. The van der Waals surface area contributed by atoms with Crippen molar-refractivity contribution in [2.45, 2.75) is 26.8 Å². The van der Waals surface area contributed by atoms with Gasteiger partial charge in [-0.2, -0.15) is 4.98 Å². The summed E-state index contributed by atoms with van der Waals surface area (Å²) in [5, 5.41) is 16.5. The van der Waals surface area contributed by atoms with E-state index in [-0.39, 0.29) is 12.6 Å². The van der Waals surface area contributed by atoms with Crippen LogP contribution in [0.4, 0.5) is 17.5 Å². The molecule has 140 valence electrons. The van der Waals surface area contributed by atoms with Gasteiger partial charge in [0.25, 0.3) is 0 Å². The van der Waals surface area contributed by atoms with E-state index >= 15 is 0 Å². The molecule has 0 aliphatic rings. The minimum atomic E-state index is -0.170. The normalized spacial score (nSPS) is 11.9. The number of halogens is 1. The third-order valence-corrected chi connectivity index (χ3v) is 4.60. The first-order valence-electron chi connectivity index (χ1n) is 8.67. The molecule has 0 aliphatic heterocycles. The lowest BCUT2D eigenvalue weighted by Crippen LogP contribution is -2.21. The van der Waals surface area contributed by atoms with Gasteiger partial charge in [0, 0.05) is 40.8 Å². The average molecular weight is 384 g/mol. The van der Waals surface area contributed by atoms with Crippen LogP contribution in [0.2, 0.25) is 5.02 Å². The minimum Gasteiger partial charge on any atom is -0.394 e. The second-order valence-corrected chi connectivity index (χ2v) is 6.83. The van der Waals surface area contributed by atoms with E-state index in [1.165, 1.54) is 0 Å². The van der Waals surface area contributed by atoms with Gasteiger partial charge in [0.2, 0.25) is 5.95 Å². The van der Waals surface area contributed by atoms with Crippen molar-refractivity contribution < 1.29 is 5.11 Å². The van der Waals surface area contributed by atoms with Crippen molar-refractivity contribution in [3.8, 4) is 11.3 Å². The van der Waals surface area contributed by atoms with Crippen molar-refractivity contribution in [2.75, 3.05) is 17.2 Å². The van der Waals surface area contributed by atoms with Gasteiger partial charge in [-0.05, 0) is 50.1 Å². The van der Waals surface area contributed by atoms with Gasteiger partial charge in [-0.1, -0.05) is 17.7 Å². The number of aliphatic hydroxyl groups is 1. The highest BCUT2D eigenvalue weighted by atomic mass is 35.5. The molecule has 3 N–H and O–H groups in total. The molecule has 2 heterocycles. The Labute approximate surface area is 163 Å². The summed E-state index contributed by atoms with van der Waals surface area (Å²) in [6, 6.07) is 9.35. The molecule has 6 nitrogen and oxygen atoms in total. The third-order valence-electron chi connectivity index (χ3n) is 4.19. The molecular formula is C20H22ClN5O. The van der Waals surface area contributed by atoms with Crippen LogP contribution in [0.5, 0.6) is 0 Å². The zero-order valence-electron chi connectivity index (χ0n) is 15.5. The van der Waals surface area contributed by atoms with E-state index in [0.29, 0.717) is 16.8 Å². The third kappa shape index (κ3) is 4.53. The van der Waals surface area contributed by atoms with Crippen LogP contribution in [0.3, 0.4) is 0 Å². The van der Waals surface area contributed by atoms with Gasteiger partial charge in [0.15, 0.2) is 0 Å². The fraction of sp³-hybridized carbons (Fsp3) is 0.250. The number of aromatic nitrogens is 3. The highest BCUT2D eigenvalue weighted by Crippen LogP contribution is 2.30. The SMILES string of the molecule is Cc1ccc(Cl)c(C)c1Nc1cc(-c2cccnc2)nc(N[C@H](C)CO)n1. The molecule has 0 bridgehead atoms. The van der Waals surface area contributed by atoms with Crippen LogP contribution in [0.1, 0.15) is 18.1 Å². The second-order valence-electron chi connectivity index (χ2n) is 6.42. The smallest absolute Gasteiger partial charge is 0.225 e. The number of nitrogens with zero attached hydrogens (tertiary/aromatic N) is 3. The Morgan fingerprint density at radius 2 is 2.00 bits per heavy atom. The predicted molar refractivity (Wildman–Crippen MR) is 110 cm³/mol. The summed E-state index contributed by atoms with van der Waals surface area (Å²) in [7, 11) is 0. The number of benzene rings is 1. The molecule has 7 heteroatoms. The quantitative estimate of drug-likeness (QED) is 0.587. The van der Waals surface area contributed by atoms with Crippen LogP contribution >= 0.6 is 11.6 Å². The summed E-state index contributed by atoms with van der Waals surface area (Å²) in [5.74, 6) is 1.06. The number of aryl methyl sites for hydroxylation is 1. The van der Waals surface area contributed by atoms with E-state index in [1.807, 2.05) is 51.1 Å². The lowest BCUT2D eigenvalue weighted by Gasteiger charge is -2.16. The van der Waals surface area contributed by atoms with E-state index in [1.54, 1.807) is 12.4 Å². The zero-order valence-corrected chi connectivity index (χ0v) is 16.2. The number of aliphatic hydroxyl groups excluding tert-OH is 1. The number of anilines is 3. The Kier molecular flexibility index (Phi) is 5.88. The van der Waals surface area contributed by atoms with Gasteiger partial charge < -0.3 is 15.7 Å². The monoisotopic (exact) mass is 383 g/mol. The molecule has 27 heavy (non-hydrogen) atoms. The molecule has 1 aromatic carbocycles. The van der Waals surface area contributed by atoms with Crippen molar-refractivity contribution in [1.82, 2.24) is 15.0 Å². The Balaban J connectivity index is 2.04. The molecule has 0 saturated carbocycles. The maximum atomic E-state index is 9.33. The first-order valence-corrected chi connectivity index (χ1v) is 9.05. The first kappa shape index (κ1) is 19.1. The highest BCUT2D eigenvalue weighted by Gasteiger charge is 2.12. The summed E-state index contributed by atoms with van der Waals surface area (Å²) in [6.45, 7) is 5.82. The number of hydrogen-bond acceptors (Lipinski definition) is 6. The maximum absolute atomic E-state index is 9.33. The van der Waals surface area contributed by atoms with Gasteiger partial charge in [0.1, 0.15) is 5.82 Å². The molecule has 3 rings (SSSR count). The van der Waals surface area contributed by atoms with E-state index in [9.17, 15) is 5.11 Å². The molecule has 0 fully saturated rings. The number of nitrogens with one attached hydrogen (secondary N) is 2. The predicted octanol–water partition coefficient (Wildman–Crippen LogP) is 4.35. The van der Waals surface area contributed by atoms with Crippen LogP contribution in [0, 0.1) is 13.8 Å². The number of hydrogen-bond donors (Lipinski definition) is 3. The van der Waals surface area contributed by atoms with Gasteiger partial charge in [-0.3, -0.25) is 4.98 Å². The van der Waals surface area contributed by atoms with Crippen LogP contribution in [-0.2, 0) is 0 Å². The fourth-order valence-corrected chi connectivity index (χ4v) is 2.80. The van der Waals surface area contributed by atoms with Crippen LogP contribution < -0.4 is 10.6 Å². The van der Waals surface area contributed by atoms with E-state index < -0.39 is 0 Å². The van der Waals surface area contributed by atoms with Crippen LogP contribution in [0.15, 0.2) is 42.7 Å². The van der Waals surface area contributed by atoms with Gasteiger partial charge in [-0.15, -0.1) is 0 Å². The van der Waals surface area contributed by atoms with Gasteiger partial charge in [0.05, 0.1) is 12.3 Å². The van der Waals surface area contributed by atoms with E-state index in [4.69, 9.17) is 11.6 Å². The Morgan fingerprint density at radius 3 is 2.70 bits per heavy atom. The Morgan fingerprint density at radius 1 is 1.19 bits per heavy atom. The maximum Gasteiger partial charge on any atom is 0.225 e. The van der Waals surface area contributed by atoms with E-state index in [2.05, 4.69) is 25.6 Å². The molecule has 1 atom stereocenters. The molecule has 0 amide bonds. The molecule has 0 aliphatic carbocycles. The molecule has 2 aromatic heterocycles. The van der Waals surface area contributed by atoms with Gasteiger partial charge in [-0.25, -0.2) is 4.98 Å². The minimum absolute atomic E-state index is 0.0181. The molecule has 0 radical (unpaired) electrons. The van der Waals surface area contributed by atoms with E-state index in [0.717, 1.165) is 28.1 Å². The average Bonchev–Trinajstić information content (AvgIpc) is 2.68. The van der Waals surface area contributed by atoms with Crippen molar-refractivity contribution in [2.24, 2.45) is 0 Å². The lowest BCUT2D eigenvalue weighted by atomic mass is 10.1. The largest absolute Gasteiger partial charge is 0.394 e. The fourth-order valence-electron chi connectivity index (χ4n) is 2.65. The standard InChI is InChI=1S/C20H22ClN5O/c1-12-6-7-16(21)14(3)19(12)25-18-9-17(15-5-4-8-22-10-15)24-20(26-18)23-13(2)11-27/h4-10,13,27H,11H2,1-3H3,(H2,23,24,25,26)/t13-/m1/s1. The summed E-state index contributed by atoms with van der Waals surface area (Å²) in [4.78, 5) is 13.3. The second kappa shape index (κ2) is 8.33. The number of pyridine rings is 1. The van der Waals surface area contributed by atoms with Crippen molar-refractivity contribution in [1.29, 1.82) is 0 Å². The van der Waals surface area contributed by atoms with Gasteiger partial charge >= 0.3 is 0 Å². The summed E-state index contributed by atoms with van der Waals surface area (Å²) in [5.41, 5.74) is 4.54. The number of rotatable bonds is 6. The first-order chi connectivity index (χ1) is 13.0. The highest BCUT2D eigenvalue weighted by molar-refractivity contribution is 6.31. The summed E-state index contributed by atoms with van der Waals surface area (Å²) < 4.78 is 0. The molecule has 0 saturated heterocycles. The van der Waals surface area contributed by atoms with Crippen molar-refractivity contribution >= 4 is 29.1 Å². The zero-order chi connectivity index (χ0) is 19.4.